The molecular formula is C31H32. The lowest BCUT2D eigenvalue weighted by molar-refractivity contribution is 0.892. The molecule has 0 nitrogen and oxygen atoms in total. The molecule has 0 bridgehead atoms. The van der Waals surface area contributed by atoms with Gasteiger partial charge in [0.25, 0.3) is 0 Å². The molecule has 0 N–H and O–H groups in total. The van der Waals surface area contributed by atoms with E-state index < -0.39 is 0 Å². The van der Waals surface area contributed by atoms with Gasteiger partial charge in [-0.05, 0) is 72.1 Å². The van der Waals surface area contributed by atoms with E-state index in [0.29, 0.717) is 5.92 Å². The van der Waals surface area contributed by atoms with Crippen molar-refractivity contribution in [3.05, 3.63) is 130 Å². The Bertz CT molecular complexity index is 1120. The van der Waals surface area contributed by atoms with Crippen LogP contribution in [0.3, 0.4) is 0 Å². The van der Waals surface area contributed by atoms with Gasteiger partial charge in [-0.25, -0.2) is 0 Å². The third kappa shape index (κ3) is 4.64. The van der Waals surface area contributed by atoms with Crippen LogP contribution in [-0.4, -0.2) is 0 Å². The van der Waals surface area contributed by atoms with E-state index >= 15 is 0 Å². The van der Waals surface area contributed by atoms with Crippen molar-refractivity contribution < 1.29 is 0 Å². The smallest absolute Gasteiger partial charge is 0.0308 e. The molecule has 0 heterocycles. The quantitative estimate of drug-likeness (QED) is 0.370. The number of rotatable bonds is 7. The maximum atomic E-state index is 4.43. The first-order valence-electron chi connectivity index (χ1n) is 11.4. The minimum Gasteiger partial charge on any atom is -0.0952 e. The van der Waals surface area contributed by atoms with Crippen LogP contribution in [0.4, 0.5) is 0 Å². The predicted molar refractivity (Wildman–Crippen MR) is 135 cm³/mol. The average molecular weight is 405 g/mol. The number of benzene rings is 3. The van der Waals surface area contributed by atoms with E-state index in [0.717, 1.165) is 19.3 Å². The van der Waals surface area contributed by atoms with Crippen LogP contribution in [0.15, 0.2) is 97.1 Å². The fourth-order valence-electron chi connectivity index (χ4n) is 4.69. The van der Waals surface area contributed by atoms with Gasteiger partial charge in [-0.15, -0.1) is 0 Å². The summed E-state index contributed by atoms with van der Waals surface area (Å²) in [5, 5.41) is 0. The first-order chi connectivity index (χ1) is 15.1. The van der Waals surface area contributed by atoms with Crippen molar-refractivity contribution in [3.63, 3.8) is 0 Å². The van der Waals surface area contributed by atoms with Crippen LogP contribution in [-0.2, 0) is 6.42 Å². The van der Waals surface area contributed by atoms with Crippen LogP contribution < -0.4 is 0 Å². The molecule has 1 aliphatic rings. The maximum absolute atomic E-state index is 4.43. The molecule has 4 rings (SSSR count). The first kappa shape index (κ1) is 21.1. The molecule has 0 fully saturated rings. The molecule has 1 aliphatic carbocycles. The Kier molecular flexibility index (Phi) is 6.37. The Morgan fingerprint density at radius 2 is 1.61 bits per heavy atom. The van der Waals surface area contributed by atoms with E-state index in [1.54, 1.807) is 0 Å². The van der Waals surface area contributed by atoms with Gasteiger partial charge in [0.05, 0.1) is 0 Å². The SMILES string of the molecule is C=C(CCC1=CC=C(c2ccccc2)C1c1ccc(CC)cc1)c1ccc(C)cc1C. The molecule has 31 heavy (non-hydrogen) atoms. The average Bonchev–Trinajstić information content (AvgIpc) is 3.22. The molecule has 0 radical (unpaired) electrons. The minimum atomic E-state index is 0.320. The summed E-state index contributed by atoms with van der Waals surface area (Å²) < 4.78 is 0. The Hall–Kier alpha value is -3.12. The second-order valence-corrected chi connectivity index (χ2v) is 8.68. The lowest BCUT2D eigenvalue weighted by atomic mass is 9.82. The molecule has 3 aromatic carbocycles. The van der Waals surface area contributed by atoms with Crippen LogP contribution in [0.25, 0.3) is 11.1 Å². The third-order valence-corrected chi connectivity index (χ3v) is 6.47. The second-order valence-electron chi connectivity index (χ2n) is 8.68. The summed E-state index contributed by atoms with van der Waals surface area (Å²) in [5.74, 6) is 0.320. The Morgan fingerprint density at radius 3 is 2.29 bits per heavy atom. The van der Waals surface area contributed by atoms with Crippen molar-refractivity contribution >= 4 is 11.1 Å². The third-order valence-electron chi connectivity index (χ3n) is 6.47. The summed E-state index contributed by atoms with van der Waals surface area (Å²) in [6.07, 6.45) is 7.75. The second kappa shape index (κ2) is 9.35. The van der Waals surface area contributed by atoms with E-state index in [4.69, 9.17) is 0 Å². The zero-order valence-corrected chi connectivity index (χ0v) is 19.0. The number of allylic oxidation sites excluding steroid dienone is 5. The van der Waals surface area contributed by atoms with Crippen molar-refractivity contribution in [2.24, 2.45) is 0 Å². The molecule has 0 spiro atoms. The van der Waals surface area contributed by atoms with E-state index in [-0.39, 0.29) is 0 Å². The van der Waals surface area contributed by atoms with Crippen LogP contribution in [0.5, 0.6) is 0 Å². The monoisotopic (exact) mass is 404 g/mol. The highest BCUT2D eigenvalue weighted by Crippen LogP contribution is 2.44. The van der Waals surface area contributed by atoms with Gasteiger partial charge >= 0.3 is 0 Å². The number of hydrogen-bond acceptors (Lipinski definition) is 0. The number of aryl methyl sites for hydroxylation is 3. The molecule has 3 aromatic rings. The van der Waals surface area contributed by atoms with Gasteiger partial charge in [0.1, 0.15) is 0 Å². The molecule has 0 amide bonds. The summed E-state index contributed by atoms with van der Waals surface area (Å²) in [6, 6.07) is 26.7. The molecule has 0 saturated heterocycles. The van der Waals surface area contributed by atoms with Gasteiger partial charge in [-0.2, -0.15) is 0 Å². The van der Waals surface area contributed by atoms with Crippen LogP contribution in [0, 0.1) is 13.8 Å². The Labute approximate surface area is 187 Å². The lowest BCUT2D eigenvalue weighted by Crippen LogP contribution is -2.04. The van der Waals surface area contributed by atoms with E-state index in [1.165, 1.54) is 50.1 Å². The molecule has 1 unspecified atom stereocenters. The highest BCUT2D eigenvalue weighted by Gasteiger charge is 2.25. The molecule has 0 aliphatic heterocycles. The largest absolute Gasteiger partial charge is 0.0952 e. The summed E-state index contributed by atoms with van der Waals surface area (Å²) in [6.45, 7) is 11.0. The molecule has 156 valence electrons. The lowest BCUT2D eigenvalue weighted by Gasteiger charge is -2.22. The van der Waals surface area contributed by atoms with Gasteiger partial charge in [0, 0.05) is 5.92 Å². The fraction of sp³-hybridized carbons (Fsp3) is 0.226. The predicted octanol–water partition coefficient (Wildman–Crippen LogP) is 8.47. The summed E-state index contributed by atoms with van der Waals surface area (Å²) in [4.78, 5) is 0. The molecule has 1 atom stereocenters. The van der Waals surface area contributed by atoms with Gasteiger partial charge in [0.15, 0.2) is 0 Å². The van der Waals surface area contributed by atoms with Crippen LogP contribution in [0.1, 0.15) is 59.1 Å². The molecule has 0 saturated carbocycles. The van der Waals surface area contributed by atoms with Crippen molar-refractivity contribution in [2.75, 3.05) is 0 Å². The zero-order chi connectivity index (χ0) is 21.8. The highest BCUT2D eigenvalue weighted by atomic mass is 14.3. The van der Waals surface area contributed by atoms with Crippen molar-refractivity contribution in [3.8, 4) is 0 Å². The maximum Gasteiger partial charge on any atom is 0.0308 e. The van der Waals surface area contributed by atoms with E-state index in [9.17, 15) is 0 Å². The molecular weight excluding hydrogens is 372 g/mol. The zero-order valence-electron chi connectivity index (χ0n) is 19.0. The number of hydrogen-bond donors (Lipinski definition) is 0. The van der Waals surface area contributed by atoms with E-state index in [1.807, 2.05) is 0 Å². The van der Waals surface area contributed by atoms with Gasteiger partial charge in [-0.1, -0.05) is 110 Å². The molecule has 0 aromatic heterocycles. The topological polar surface area (TPSA) is 0 Å². The Morgan fingerprint density at radius 1 is 0.871 bits per heavy atom. The van der Waals surface area contributed by atoms with Gasteiger partial charge in [-0.3, -0.25) is 0 Å². The summed E-state index contributed by atoms with van der Waals surface area (Å²) in [7, 11) is 0. The van der Waals surface area contributed by atoms with Gasteiger partial charge in [0.2, 0.25) is 0 Å². The molecule has 0 heteroatoms. The fourth-order valence-corrected chi connectivity index (χ4v) is 4.69. The first-order valence-corrected chi connectivity index (χ1v) is 11.4. The van der Waals surface area contributed by atoms with Gasteiger partial charge < -0.3 is 0 Å². The van der Waals surface area contributed by atoms with E-state index in [2.05, 4.69) is 112 Å². The Balaban J connectivity index is 1.58. The van der Waals surface area contributed by atoms with Crippen molar-refractivity contribution in [1.82, 2.24) is 0 Å². The van der Waals surface area contributed by atoms with Crippen molar-refractivity contribution in [2.45, 2.75) is 46.0 Å². The minimum absolute atomic E-state index is 0.320. The normalized spacial score (nSPS) is 15.5. The van der Waals surface area contributed by atoms with Crippen molar-refractivity contribution in [1.29, 1.82) is 0 Å². The summed E-state index contributed by atoms with van der Waals surface area (Å²) >= 11 is 0. The van der Waals surface area contributed by atoms with Crippen LogP contribution >= 0.6 is 0 Å². The highest BCUT2D eigenvalue weighted by molar-refractivity contribution is 5.79. The van der Waals surface area contributed by atoms with Crippen LogP contribution in [0.2, 0.25) is 0 Å². The summed E-state index contributed by atoms with van der Waals surface area (Å²) in [5.41, 5.74) is 12.1. The standard InChI is InChI=1S/C31H32/c1-5-25-13-16-28(17-14-25)31-27(18-20-30(31)26-9-7-6-8-10-26)15-12-23(3)29-19-11-22(2)21-24(29)4/h6-11,13-14,16-21,31H,3,5,12,15H2,1-2,4H3.